The Hall–Kier alpha value is -0.780. The minimum atomic E-state index is 0.268. The zero-order valence-corrected chi connectivity index (χ0v) is 15.7. The molecule has 0 radical (unpaired) electrons. The Balaban J connectivity index is 1.80. The van der Waals surface area contributed by atoms with E-state index in [4.69, 9.17) is 0 Å². The highest BCUT2D eigenvalue weighted by Gasteiger charge is 2.29. The van der Waals surface area contributed by atoms with Crippen molar-refractivity contribution in [2.75, 3.05) is 0 Å². The van der Waals surface area contributed by atoms with Gasteiger partial charge in [-0.05, 0) is 59.5 Å². The molecule has 0 spiro atoms. The third kappa shape index (κ3) is 4.86. The molecule has 2 rings (SSSR count). The predicted molar refractivity (Wildman–Crippen MR) is 98.4 cm³/mol. The van der Waals surface area contributed by atoms with Crippen molar-refractivity contribution in [1.82, 2.24) is 0 Å². The van der Waals surface area contributed by atoms with Crippen molar-refractivity contribution in [2.45, 2.75) is 85.5 Å². The van der Waals surface area contributed by atoms with Crippen LogP contribution in [0.3, 0.4) is 0 Å². The van der Waals surface area contributed by atoms with Crippen LogP contribution in [0, 0.1) is 17.3 Å². The molecule has 0 aliphatic heterocycles. The summed E-state index contributed by atoms with van der Waals surface area (Å²) in [5, 5.41) is 0. The molecule has 0 heterocycles. The third-order valence-corrected chi connectivity index (χ3v) is 5.73. The average Bonchev–Trinajstić information content (AvgIpc) is 2.44. The van der Waals surface area contributed by atoms with E-state index >= 15 is 0 Å². The van der Waals surface area contributed by atoms with E-state index in [1.165, 1.54) is 49.7 Å². The summed E-state index contributed by atoms with van der Waals surface area (Å²) >= 11 is 0. The lowest BCUT2D eigenvalue weighted by Crippen LogP contribution is -2.26. The SMILES string of the molecule is CC(C)(C)c1ccc(CCC2CCC(C(C)(C)C)CC2)cc1. The standard InChI is InChI=1S/C22H36/c1-21(2,3)19-13-9-17(10-14-19)7-8-18-11-15-20(16-12-18)22(4,5)6/h9-10,13-14,18,20H,7-8,11-12,15-16H2,1-6H3. The molecule has 1 aliphatic rings. The summed E-state index contributed by atoms with van der Waals surface area (Å²) in [6, 6.07) is 9.35. The summed E-state index contributed by atoms with van der Waals surface area (Å²) in [7, 11) is 0. The number of aryl methyl sites for hydroxylation is 1. The molecule has 1 fully saturated rings. The molecule has 0 heteroatoms. The fraction of sp³-hybridized carbons (Fsp3) is 0.727. The van der Waals surface area contributed by atoms with Crippen LogP contribution in [0.5, 0.6) is 0 Å². The van der Waals surface area contributed by atoms with Gasteiger partial charge in [0.15, 0.2) is 0 Å². The van der Waals surface area contributed by atoms with Crippen molar-refractivity contribution in [1.29, 1.82) is 0 Å². The fourth-order valence-electron chi connectivity index (χ4n) is 3.86. The van der Waals surface area contributed by atoms with Gasteiger partial charge in [0.25, 0.3) is 0 Å². The fourth-order valence-corrected chi connectivity index (χ4v) is 3.86. The molecule has 0 nitrogen and oxygen atoms in total. The normalized spacial score (nSPS) is 23.5. The Kier molecular flexibility index (Phi) is 5.41. The van der Waals surface area contributed by atoms with Crippen LogP contribution in [0.25, 0.3) is 0 Å². The lowest BCUT2D eigenvalue weighted by Gasteiger charge is -2.37. The van der Waals surface area contributed by atoms with E-state index in [1.807, 2.05) is 0 Å². The van der Waals surface area contributed by atoms with Crippen molar-refractivity contribution in [2.24, 2.45) is 17.3 Å². The molecule has 0 aromatic heterocycles. The van der Waals surface area contributed by atoms with E-state index in [2.05, 4.69) is 65.8 Å². The molecule has 0 unspecified atom stereocenters. The molecule has 1 aliphatic carbocycles. The highest BCUT2D eigenvalue weighted by molar-refractivity contribution is 5.27. The summed E-state index contributed by atoms with van der Waals surface area (Å²) < 4.78 is 0. The molecular weight excluding hydrogens is 264 g/mol. The van der Waals surface area contributed by atoms with Crippen LogP contribution in [0.4, 0.5) is 0 Å². The van der Waals surface area contributed by atoms with Gasteiger partial charge in [-0.25, -0.2) is 0 Å². The summed E-state index contributed by atoms with van der Waals surface area (Å²) in [6.45, 7) is 14.1. The van der Waals surface area contributed by atoms with Gasteiger partial charge in [-0.2, -0.15) is 0 Å². The Morgan fingerprint density at radius 2 is 1.36 bits per heavy atom. The van der Waals surface area contributed by atoms with Gasteiger partial charge in [0, 0.05) is 0 Å². The van der Waals surface area contributed by atoms with E-state index in [-0.39, 0.29) is 5.41 Å². The highest BCUT2D eigenvalue weighted by Crippen LogP contribution is 2.40. The molecule has 1 aromatic carbocycles. The molecule has 0 bridgehead atoms. The smallest absolute Gasteiger partial charge is 0.0132 e. The largest absolute Gasteiger partial charge is 0.0599 e. The van der Waals surface area contributed by atoms with Crippen molar-refractivity contribution in [3.63, 3.8) is 0 Å². The molecule has 0 saturated heterocycles. The summed E-state index contributed by atoms with van der Waals surface area (Å²) in [4.78, 5) is 0. The van der Waals surface area contributed by atoms with Gasteiger partial charge in [-0.1, -0.05) is 78.6 Å². The van der Waals surface area contributed by atoms with Crippen LogP contribution >= 0.6 is 0 Å². The first kappa shape index (κ1) is 17.6. The van der Waals surface area contributed by atoms with Crippen molar-refractivity contribution < 1.29 is 0 Å². The van der Waals surface area contributed by atoms with Crippen LogP contribution in [-0.4, -0.2) is 0 Å². The van der Waals surface area contributed by atoms with Crippen LogP contribution in [0.2, 0.25) is 0 Å². The van der Waals surface area contributed by atoms with Crippen molar-refractivity contribution >= 4 is 0 Å². The molecular formula is C22H36. The van der Waals surface area contributed by atoms with Gasteiger partial charge in [0.1, 0.15) is 0 Å². The van der Waals surface area contributed by atoms with Gasteiger partial charge >= 0.3 is 0 Å². The second-order valence-electron chi connectivity index (χ2n) is 9.57. The molecule has 0 N–H and O–H groups in total. The Morgan fingerprint density at radius 3 is 1.82 bits per heavy atom. The van der Waals surface area contributed by atoms with Crippen molar-refractivity contribution in [3.05, 3.63) is 35.4 Å². The number of rotatable bonds is 3. The van der Waals surface area contributed by atoms with Crippen LogP contribution in [0.1, 0.15) is 84.8 Å². The maximum Gasteiger partial charge on any atom is -0.0132 e. The maximum absolute atomic E-state index is 2.41. The zero-order chi connectivity index (χ0) is 16.4. The second-order valence-corrected chi connectivity index (χ2v) is 9.57. The average molecular weight is 301 g/mol. The van der Waals surface area contributed by atoms with Crippen LogP contribution in [0.15, 0.2) is 24.3 Å². The first-order valence-corrected chi connectivity index (χ1v) is 9.25. The zero-order valence-electron chi connectivity index (χ0n) is 15.7. The lowest BCUT2D eigenvalue weighted by molar-refractivity contribution is 0.147. The van der Waals surface area contributed by atoms with Crippen molar-refractivity contribution in [3.8, 4) is 0 Å². The van der Waals surface area contributed by atoms with Gasteiger partial charge in [-0.3, -0.25) is 0 Å². The highest BCUT2D eigenvalue weighted by atomic mass is 14.3. The van der Waals surface area contributed by atoms with Crippen LogP contribution in [-0.2, 0) is 11.8 Å². The number of benzene rings is 1. The van der Waals surface area contributed by atoms with E-state index in [1.54, 1.807) is 0 Å². The van der Waals surface area contributed by atoms with Gasteiger partial charge < -0.3 is 0 Å². The Labute approximate surface area is 138 Å². The van der Waals surface area contributed by atoms with E-state index in [9.17, 15) is 0 Å². The summed E-state index contributed by atoms with van der Waals surface area (Å²) in [5.41, 5.74) is 3.74. The number of hydrogen-bond donors (Lipinski definition) is 0. The number of hydrogen-bond acceptors (Lipinski definition) is 0. The molecule has 22 heavy (non-hydrogen) atoms. The lowest BCUT2D eigenvalue weighted by atomic mass is 9.69. The first-order valence-electron chi connectivity index (χ1n) is 9.25. The van der Waals surface area contributed by atoms with Gasteiger partial charge in [0.05, 0.1) is 0 Å². The minimum Gasteiger partial charge on any atom is -0.0599 e. The molecule has 1 aromatic rings. The van der Waals surface area contributed by atoms with E-state index in [0.717, 1.165) is 11.8 Å². The Morgan fingerprint density at radius 1 is 0.818 bits per heavy atom. The second kappa shape index (κ2) is 6.77. The molecule has 124 valence electrons. The molecule has 0 amide bonds. The maximum atomic E-state index is 2.41. The topological polar surface area (TPSA) is 0 Å². The van der Waals surface area contributed by atoms with E-state index < -0.39 is 0 Å². The quantitative estimate of drug-likeness (QED) is 0.578. The summed E-state index contributed by atoms with van der Waals surface area (Å²) in [6.07, 6.45) is 8.42. The van der Waals surface area contributed by atoms with Gasteiger partial charge in [0.2, 0.25) is 0 Å². The molecule has 0 atom stereocenters. The monoisotopic (exact) mass is 300 g/mol. The van der Waals surface area contributed by atoms with E-state index in [0.29, 0.717) is 5.41 Å². The third-order valence-electron chi connectivity index (χ3n) is 5.73. The van der Waals surface area contributed by atoms with Crippen LogP contribution < -0.4 is 0 Å². The predicted octanol–water partition coefficient (Wildman–Crippen LogP) is 6.77. The molecule has 1 saturated carbocycles. The summed E-state index contributed by atoms with van der Waals surface area (Å²) in [5.74, 6) is 1.90. The minimum absolute atomic E-state index is 0.268. The first-order chi connectivity index (χ1) is 10.2. The van der Waals surface area contributed by atoms with Gasteiger partial charge in [-0.15, -0.1) is 0 Å². The Bertz CT molecular complexity index is 444.